The fourth-order valence-corrected chi connectivity index (χ4v) is 3.28. The Hall–Kier alpha value is -3.31. The van der Waals surface area contributed by atoms with E-state index < -0.39 is 11.9 Å². The van der Waals surface area contributed by atoms with E-state index in [1.807, 2.05) is 36.4 Å². The number of ether oxygens (including phenoxy) is 2. The van der Waals surface area contributed by atoms with Gasteiger partial charge in [-0.3, -0.25) is 4.79 Å². The van der Waals surface area contributed by atoms with Crippen LogP contribution >= 0.6 is 11.6 Å². The van der Waals surface area contributed by atoms with Crippen molar-refractivity contribution >= 4 is 29.2 Å². The van der Waals surface area contributed by atoms with E-state index in [4.69, 9.17) is 21.1 Å². The Morgan fingerprint density at radius 3 is 2.41 bits per heavy atom. The number of carbonyl (C=O) groups is 2. The molecule has 3 aromatic carbocycles. The number of anilines is 1. The van der Waals surface area contributed by atoms with Crippen molar-refractivity contribution in [1.82, 2.24) is 0 Å². The van der Waals surface area contributed by atoms with Crippen LogP contribution in [0.15, 0.2) is 72.8 Å². The van der Waals surface area contributed by atoms with Gasteiger partial charge in [-0.15, -0.1) is 0 Å². The van der Waals surface area contributed by atoms with Crippen molar-refractivity contribution in [2.24, 2.45) is 0 Å². The van der Waals surface area contributed by atoms with Crippen molar-refractivity contribution < 1.29 is 19.1 Å². The Morgan fingerprint density at radius 1 is 0.969 bits per heavy atom. The van der Waals surface area contributed by atoms with E-state index in [2.05, 4.69) is 19.2 Å². The third-order valence-electron chi connectivity index (χ3n) is 5.13. The van der Waals surface area contributed by atoms with Crippen LogP contribution in [0.1, 0.15) is 47.7 Å². The number of amides is 1. The molecule has 0 bridgehead atoms. The molecule has 1 unspecified atom stereocenters. The zero-order valence-electron chi connectivity index (χ0n) is 18.1. The van der Waals surface area contributed by atoms with E-state index in [9.17, 15) is 9.59 Å². The van der Waals surface area contributed by atoms with Crippen molar-refractivity contribution in [3.8, 4) is 5.75 Å². The summed E-state index contributed by atoms with van der Waals surface area (Å²) in [4.78, 5) is 25.0. The molecule has 0 aromatic heterocycles. The zero-order chi connectivity index (χ0) is 22.9. The van der Waals surface area contributed by atoms with Crippen molar-refractivity contribution in [2.75, 3.05) is 11.9 Å². The molecule has 0 saturated heterocycles. The second-order valence-corrected chi connectivity index (χ2v) is 7.87. The van der Waals surface area contributed by atoms with Crippen LogP contribution in [0, 0.1) is 0 Å². The third kappa shape index (κ3) is 6.34. The van der Waals surface area contributed by atoms with Gasteiger partial charge >= 0.3 is 5.97 Å². The summed E-state index contributed by atoms with van der Waals surface area (Å²) in [5, 5.41) is 3.48. The van der Waals surface area contributed by atoms with Crippen LogP contribution in [0.3, 0.4) is 0 Å². The average molecular weight is 452 g/mol. The van der Waals surface area contributed by atoms with Crippen LogP contribution in [0.25, 0.3) is 0 Å². The van der Waals surface area contributed by atoms with Gasteiger partial charge < -0.3 is 14.8 Å². The van der Waals surface area contributed by atoms with E-state index in [0.29, 0.717) is 16.7 Å². The molecule has 1 N–H and O–H groups in total. The molecule has 1 atom stereocenters. The Balaban J connectivity index is 1.59. The van der Waals surface area contributed by atoms with Crippen LogP contribution in [0.2, 0.25) is 5.02 Å². The highest BCUT2D eigenvalue weighted by atomic mass is 35.5. The molecule has 0 aliphatic heterocycles. The van der Waals surface area contributed by atoms with Crippen molar-refractivity contribution in [3.63, 3.8) is 0 Å². The van der Waals surface area contributed by atoms with Crippen LogP contribution in [-0.4, -0.2) is 18.5 Å². The van der Waals surface area contributed by atoms with Gasteiger partial charge in [-0.2, -0.15) is 0 Å². The van der Waals surface area contributed by atoms with Crippen molar-refractivity contribution in [2.45, 2.75) is 32.8 Å². The molecule has 1 amide bonds. The second kappa shape index (κ2) is 11.3. The molecule has 0 spiro atoms. The molecular weight excluding hydrogens is 426 g/mol. The molecule has 0 fully saturated rings. The fraction of sp³-hybridized carbons (Fsp3) is 0.231. The molecule has 0 saturated carbocycles. The summed E-state index contributed by atoms with van der Waals surface area (Å²) in [5.41, 5.74) is 2.96. The standard InChI is InChI=1S/C26H26ClNO4/c1-3-18(2)21-8-4-6-10-23(21)28-25(29)17-32-26(30)22-9-5-7-11-24(22)31-16-19-12-14-20(27)15-13-19/h4-15,18H,3,16-17H2,1-2H3,(H,28,29). The van der Waals surface area contributed by atoms with Gasteiger partial charge in [-0.1, -0.05) is 67.9 Å². The van der Waals surface area contributed by atoms with Gasteiger partial charge in [0.1, 0.15) is 17.9 Å². The first kappa shape index (κ1) is 23.4. The van der Waals surface area contributed by atoms with Crippen LogP contribution < -0.4 is 10.1 Å². The highest BCUT2D eigenvalue weighted by Gasteiger charge is 2.17. The number of carbonyl (C=O) groups excluding carboxylic acids is 2. The SMILES string of the molecule is CCC(C)c1ccccc1NC(=O)COC(=O)c1ccccc1OCc1ccc(Cl)cc1. The maximum Gasteiger partial charge on any atom is 0.342 e. The lowest BCUT2D eigenvalue weighted by molar-refractivity contribution is -0.119. The molecule has 3 aromatic rings. The van der Waals surface area contributed by atoms with E-state index in [0.717, 1.165) is 23.2 Å². The minimum atomic E-state index is -0.623. The highest BCUT2D eigenvalue weighted by molar-refractivity contribution is 6.30. The number of esters is 1. The Bertz CT molecular complexity index is 1070. The molecule has 0 aliphatic carbocycles. The van der Waals surface area contributed by atoms with Crippen molar-refractivity contribution in [3.05, 3.63) is 94.5 Å². The number of benzene rings is 3. The first-order chi connectivity index (χ1) is 15.5. The third-order valence-corrected chi connectivity index (χ3v) is 5.38. The van der Waals surface area contributed by atoms with Gasteiger partial charge in [-0.25, -0.2) is 4.79 Å². The second-order valence-electron chi connectivity index (χ2n) is 7.43. The summed E-state index contributed by atoms with van der Waals surface area (Å²) in [5.74, 6) is -0.329. The highest BCUT2D eigenvalue weighted by Crippen LogP contribution is 2.26. The minimum Gasteiger partial charge on any atom is -0.488 e. The smallest absolute Gasteiger partial charge is 0.342 e. The molecule has 0 radical (unpaired) electrons. The number of hydrogen-bond donors (Lipinski definition) is 1. The summed E-state index contributed by atoms with van der Waals surface area (Å²) in [6.07, 6.45) is 0.953. The van der Waals surface area contributed by atoms with Gasteiger partial charge in [0, 0.05) is 10.7 Å². The van der Waals surface area contributed by atoms with Gasteiger partial charge in [0.2, 0.25) is 0 Å². The number of hydrogen-bond acceptors (Lipinski definition) is 4. The number of para-hydroxylation sites is 2. The lowest BCUT2D eigenvalue weighted by atomic mass is 9.97. The molecule has 0 heterocycles. The van der Waals surface area contributed by atoms with E-state index in [-0.39, 0.29) is 18.8 Å². The van der Waals surface area contributed by atoms with Gasteiger partial charge in [-0.05, 0) is 53.8 Å². The van der Waals surface area contributed by atoms with E-state index in [1.54, 1.807) is 36.4 Å². The summed E-state index contributed by atoms with van der Waals surface area (Å²) in [7, 11) is 0. The van der Waals surface area contributed by atoms with E-state index in [1.165, 1.54) is 0 Å². The minimum absolute atomic E-state index is 0.259. The Morgan fingerprint density at radius 2 is 1.66 bits per heavy atom. The molecule has 0 aliphatic rings. The summed E-state index contributed by atoms with van der Waals surface area (Å²) in [6.45, 7) is 4.08. The van der Waals surface area contributed by atoms with Crippen LogP contribution in [-0.2, 0) is 16.1 Å². The molecule has 3 rings (SSSR count). The molecule has 6 heteroatoms. The lowest BCUT2D eigenvalue weighted by Gasteiger charge is -2.16. The molecule has 5 nitrogen and oxygen atoms in total. The monoisotopic (exact) mass is 451 g/mol. The first-order valence-corrected chi connectivity index (χ1v) is 10.9. The largest absolute Gasteiger partial charge is 0.488 e. The number of nitrogens with one attached hydrogen (secondary N) is 1. The van der Waals surface area contributed by atoms with Gasteiger partial charge in [0.25, 0.3) is 5.91 Å². The summed E-state index contributed by atoms with van der Waals surface area (Å²) in [6, 6.07) is 21.7. The molecule has 32 heavy (non-hydrogen) atoms. The van der Waals surface area contributed by atoms with Crippen LogP contribution in [0.5, 0.6) is 5.75 Å². The lowest BCUT2D eigenvalue weighted by Crippen LogP contribution is -2.22. The van der Waals surface area contributed by atoms with Crippen molar-refractivity contribution in [1.29, 1.82) is 0 Å². The predicted octanol–water partition coefficient (Wildman–Crippen LogP) is 6.23. The Kier molecular flexibility index (Phi) is 8.28. The number of rotatable bonds is 9. The summed E-state index contributed by atoms with van der Waals surface area (Å²) < 4.78 is 11.0. The predicted molar refractivity (Wildman–Crippen MR) is 126 cm³/mol. The van der Waals surface area contributed by atoms with Gasteiger partial charge in [0.05, 0.1) is 0 Å². The quantitative estimate of drug-likeness (QED) is 0.392. The average Bonchev–Trinajstić information content (AvgIpc) is 2.82. The normalized spacial score (nSPS) is 11.5. The number of halogens is 1. The maximum absolute atomic E-state index is 12.6. The first-order valence-electron chi connectivity index (χ1n) is 10.5. The van der Waals surface area contributed by atoms with Crippen LogP contribution in [0.4, 0.5) is 5.69 Å². The topological polar surface area (TPSA) is 64.6 Å². The fourth-order valence-electron chi connectivity index (χ4n) is 3.16. The maximum atomic E-state index is 12.6. The molecular formula is C26H26ClNO4. The Labute approximate surface area is 193 Å². The van der Waals surface area contributed by atoms with Gasteiger partial charge in [0.15, 0.2) is 6.61 Å². The summed E-state index contributed by atoms with van der Waals surface area (Å²) >= 11 is 5.90. The zero-order valence-corrected chi connectivity index (χ0v) is 18.9. The van der Waals surface area contributed by atoms with E-state index >= 15 is 0 Å². The molecule has 166 valence electrons.